The molecule has 0 saturated carbocycles. The van der Waals surface area contributed by atoms with Crippen LogP contribution in [0, 0.1) is 5.92 Å². The highest BCUT2D eigenvalue weighted by Gasteiger charge is 2.25. The van der Waals surface area contributed by atoms with Gasteiger partial charge in [0.05, 0.1) is 11.9 Å². The monoisotopic (exact) mass is 343 g/mol. The lowest BCUT2D eigenvalue weighted by molar-refractivity contribution is -0.129. The molecule has 1 saturated heterocycles. The summed E-state index contributed by atoms with van der Waals surface area (Å²) in [5, 5.41) is 6.44. The molecule has 0 aromatic carbocycles. The smallest absolute Gasteiger partial charge is 0.321 e. The van der Waals surface area contributed by atoms with Crippen molar-refractivity contribution in [1.82, 2.24) is 19.6 Å². The maximum Gasteiger partial charge on any atom is 0.321 e. The normalized spacial score (nSPS) is 15.6. The van der Waals surface area contributed by atoms with Gasteiger partial charge in [0.15, 0.2) is 0 Å². The molecule has 0 aliphatic carbocycles. The van der Waals surface area contributed by atoms with Crippen molar-refractivity contribution in [3.8, 4) is 0 Å². The van der Waals surface area contributed by atoms with Crippen LogP contribution in [0.1, 0.15) is 19.3 Å². The van der Waals surface area contributed by atoms with Crippen LogP contribution in [0.25, 0.3) is 0 Å². The summed E-state index contributed by atoms with van der Waals surface area (Å²) in [6.45, 7) is 0.645. The van der Waals surface area contributed by atoms with Gasteiger partial charge in [-0.15, -0.1) is 0 Å². The molecule has 1 fully saturated rings. The molecule has 0 bridgehead atoms. The van der Waals surface area contributed by atoms with Crippen LogP contribution in [0.4, 0.5) is 19.3 Å². The first-order valence-corrected chi connectivity index (χ1v) is 7.92. The Morgan fingerprint density at radius 1 is 1.38 bits per heavy atom. The van der Waals surface area contributed by atoms with Gasteiger partial charge in [0.25, 0.3) is 6.43 Å². The minimum absolute atomic E-state index is 0.101. The summed E-state index contributed by atoms with van der Waals surface area (Å²) in [6.07, 6.45) is 2.30. The highest BCUT2D eigenvalue weighted by molar-refractivity contribution is 5.89. The molecule has 134 valence electrons. The largest absolute Gasteiger partial charge is 0.349 e. The van der Waals surface area contributed by atoms with Crippen molar-refractivity contribution < 1.29 is 18.4 Å². The number of urea groups is 1. The predicted octanol–water partition coefficient (Wildman–Crippen LogP) is 1.87. The number of rotatable bonds is 5. The third-order valence-electron chi connectivity index (χ3n) is 4.07. The second-order valence-electron chi connectivity index (χ2n) is 6.20. The number of alkyl halides is 2. The van der Waals surface area contributed by atoms with Crippen molar-refractivity contribution in [2.24, 2.45) is 5.92 Å². The van der Waals surface area contributed by atoms with Gasteiger partial charge in [-0.1, -0.05) is 0 Å². The van der Waals surface area contributed by atoms with Crippen LogP contribution in [0.15, 0.2) is 12.4 Å². The molecule has 1 aliphatic heterocycles. The van der Waals surface area contributed by atoms with Gasteiger partial charge in [0.1, 0.15) is 6.54 Å². The number of carbonyl (C=O) groups is 2. The van der Waals surface area contributed by atoms with E-state index in [1.165, 1.54) is 12.4 Å². The van der Waals surface area contributed by atoms with Crippen LogP contribution in [0.5, 0.6) is 0 Å². The molecule has 24 heavy (non-hydrogen) atoms. The fraction of sp³-hybridized carbons (Fsp3) is 0.667. The third-order valence-corrected chi connectivity index (χ3v) is 4.07. The zero-order chi connectivity index (χ0) is 17.7. The van der Waals surface area contributed by atoms with Gasteiger partial charge in [-0.2, -0.15) is 5.10 Å². The summed E-state index contributed by atoms with van der Waals surface area (Å²) in [7, 11) is 3.47. The van der Waals surface area contributed by atoms with E-state index in [4.69, 9.17) is 0 Å². The number of likely N-dealkylation sites (tertiary alicyclic amines) is 1. The minimum atomic E-state index is -2.49. The quantitative estimate of drug-likeness (QED) is 0.887. The number of nitrogens with one attached hydrogen (secondary N) is 1. The van der Waals surface area contributed by atoms with E-state index in [1.54, 1.807) is 23.9 Å². The molecule has 1 N–H and O–H groups in total. The van der Waals surface area contributed by atoms with E-state index in [1.807, 2.05) is 0 Å². The number of hydrogen-bond acceptors (Lipinski definition) is 3. The molecule has 0 radical (unpaired) electrons. The van der Waals surface area contributed by atoms with E-state index in [2.05, 4.69) is 10.4 Å². The van der Waals surface area contributed by atoms with E-state index in [-0.39, 0.29) is 17.9 Å². The van der Waals surface area contributed by atoms with Crippen molar-refractivity contribution in [1.29, 1.82) is 0 Å². The van der Waals surface area contributed by atoms with Crippen LogP contribution >= 0.6 is 0 Å². The number of hydrogen-bond donors (Lipinski definition) is 1. The van der Waals surface area contributed by atoms with Gasteiger partial charge < -0.3 is 15.1 Å². The second-order valence-corrected chi connectivity index (χ2v) is 6.20. The van der Waals surface area contributed by atoms with Crippen LogP contribution < -0.4 is 5.32 Å². The topological polar surface area (TPSA) is 70.5 Å². The number of anilines is 1. The van der Waals surface area contributed by atoms with Crippen molar-refractivity contribution in [3.63, 3.8) is 0 Å². The molecular formula is C15H23F2N5O2. The maximum atomic E-state index is 12.3. The van der Waals surface area contributed by atoms with Gasteiger partial charge in [-0.05, 0) is 18.8 Å². The Morgan fingerprint density at radius 2 is 2.04 bits per heavy atom. The lowest BCUT2D eigenvalue weighted by Gasteiger charge is -2.32. The summed E-state index contributed by atoms with van der Waals surface area (Å²) in [6, 6.07) is -0.274. The van der Waals surface area contributed by atoms with Crippen LogP contribution in [0.2, 0.25) is 0 Å². The van der Waals surface area contributed by atoms with E-state index in [0.29, 0.717) is 25.2 Å². The average Bonchev–Trinajstić information content (AvgIpc) is 2.94. The summed E-state index contributed by atoms with van der Waals surface area (Å²) in [5.74, 6) is 0.391. The van der Waals surface area contributed by atoms with E-state index < -0.39 is 13.0 Å². The average molecular weight is 343 g/mol. The highest BCUT2D eigenvalue weighted by atomic mass is 19.3. The van der Waals surface area contributed by atoms with Gasteiger partial charge in [-0.3, -0.25) is 9.48 Å². The van der Waals surface area contributed by atoms with E-state index in [9.17, 15) is 18.4 Å². The third kappa shape index (κ3) is 5.17. The Hall–Kier alpha value is -2.19. The summed E-state index contributed by atoms with van der Waals surface area (Å²) in [4.78, 5) is 27.2. The fourth-order valence-electron chi connectivity index (χ4n) is 2.64. The molecule has 2 heterocycles. The molecule has 1 aromatic heterocycles. The number of aromatic nitrogens is 2. The minimum Gasteiger partial charge on any atom is -0.349 e. The first-order chi connectivity index (χ1) is 11.3. The van der Waals surface area contributed by atoms with Crippen molar-refractivity contribution in [2.45, 2.75) is 32.2 Å². The number of carbonyl (C=O) groups excluding carboxylic acids is 2. The Labute approximate surface area is 139 Å². The second kappa shape index (κ2) is 8.07. The molecule has 7 nitrogen and oxygen atoms in total. The van der Waals surface area contributed by atoms with Gasteiger partial charge in [0, 0.05) is 39.8 Å². The fourth-order valence-corrected chi connectivity index (χ4v) is 2.64. The molecule has 1 aliphatic rings. The molecule has 9 heteroatoms. The Bertz CT molecular complexity index is 568. The molecule has 2 rings (SSSR count). The van der Waals surface area contributed by atoms with E-state index >= 15 is 0 Å². The highest BCUT2D eigenvalue weighted by Crippen LogP contribution is 2.21. The number of halogens is 2. The first-order valence-electron chi connectivity index (χ1n) is 7.92. The predicted molar refractivity (Wildman–Crippen MR) is 84.9 cm³/mol. The summed E-state index contributed by atoms with van der Waals surface area (Å²) < 4.78 is 25.6. The standard InChI is InChI=1S/C15H23F2N5O2/c1-20(2)14(23)7-11-3-5-21(6-4-11)15(24)19-12-8-18-22(9-12)10-13(16)17/h8-9,11,13H,3-7,10H2,1-2H3,(H,19,24). The lowest BCUT2D eigenvalue weighted by Crippen LogP contribution is -2.41. The number of piperidine rings is 1. The zero-order valence-electron chi connectivity index (χ0n) is 13.9. The summed E-state index contributed by atoms with van der Waals surface area (Å²) >= 11 is 0. The zero-order valence-corrected chi connectivity index (χ0v) is 13.9. The summed E-state index contributed by atoms with van der Waals surface area (Å²) in [5.41, 5.74) is 0.394. The van der Waals surface area contributed by atoms with Gasteiger partial charge >= 0.3 is 6.03 Å². The SMILES string of the molecule is CN(C)C(=O)CC1CCN(C(=O)Nc2cnn(CC(F)F)c2)CC1. The molecule has 0 atom stereocenters. The first kappa shape index (κ1) is 18.2. The van der Waals surface area contributed by atoms with Crippen molar-refractivity contribution in [3.05, 3.63) is 12.4 Å². The van der Waals surface area contributed by atoms with Crippen LogP contribution in [-0.4, -0.2) is 65.1 Å². The number of nitrogens with zero attached hydrogens (tertiary/aromatic N) is 4. The molecule has 0 unspecified atom stereocenters. The van der Waals surface area contributed by atoms with E-state index in [0.717, 1.165) is 17.5 Å². The molecule has 1 aromatic rings. The Kier molecular flexibility index (Phi) is 6.10. The van der Waals surface area contributed by atoms with Crippen molar-refractivity contribution in [2.75, 3.05) is 32.5 Å². The molecule has 3 amide bonds. The number of amides is 3. The lowest BCUT2D eigenvalue weighted by atomic mass is 9.93. The molecular weight excluding hydrogens is 320 g/mol. The van der Waals surface area contributed by atoms with Gasteiger partial charge in [0.2, 0.25) is 5.91 Å². The van der Waals surface area contributed by atoms with Crippen LogP contribution in [-0.2, 0) is 11.3 Å². The van der Waals surface area contributed by atoms with Crippen LogP contribution in [0.3, 0.4) is 0 Å². The Balaban J connectivity index is 1.78. The van der Waals surface area contributed by atoms with Crippen molar-refractivity contribution >= 4 is 17.6 Å². The molecule has 0 spiro atoms. The van der Waals surface area contributed by atoms with Gasteiger partial charge in [-0.25, -0.2) is 13.6 Å². The maximum absolute atomic E-state index is 12.3. The Morgan fingerprint density at radius 3 is 2.62 bits per heavy atom.